The van der Waals surface area contributed by atoms with Gasteiger partial charge < -0.3 is 20.7 Å². The largest absolute Gasteiger partial charge is 0.455 e. The second kappa shape index (κ2) is 6.49. The molecular formula is C17H19N3O2. The average molecular weight is 297 g/mol. The third-order valence-electron chi connectivity index (χ3n) is 3.61. The zero-order chi connectivity index (χ0) is 15.4. The van der Waals surface area contributed by atoms with Crippen LogP contribution in [-0.2, 0) is 0 Å². The van der Waals surface area contributed by atoms with E-state index in [1.54, 1.807) is 4.90 Å². The molecule has 1 fully saturated rings. The number of nitrogens with zero attached hydrogens (tertiary/aromatic N) is 1. The van der Waals surface area contributed by atoms with Crippen LogP contribution >= 0.6 is 0 Å². The first kappa shape index (κ1) is 14.4. The monoisotopic (exact) mass is 297 g/mol. The second-order valence-electron chi connectivity index (χ2n) is 5.34. The molecule has 0 bridgehead atoms. The van der Waals surface area contributed by atoms with Gasteiger partial charge in [0.2, 0.25) is 0 Å². The molecule has 22 heavy (non-hydrogen) atoms. The van der Waals surface area contributed by atoms with Gasteiger partial charge in [-0.3, -0.25) is 0 Å². The van der Waals surface area contributed by atoms with Crippen LogP contribution in [0.3, 0.4) is 0 Å². The fraction of sp³-hybridized carbons (Fsp3) is 0.235. The van der Waals surface area contributed by atoms with Crippen LogP contribution < -0.4 is 15.8 Å². The van der Waals surface area contributed by atoms with E-state index < -0.39 is 0 Å². The maximum absolute atomic E-state index is 12.3. The first-order chi connectivity index (χ1) is 10.7. The van der Waals surface area contributed by atoms with Gasteiger partial charge in [-0.15, -0.1) is 0 Å². The molecule has 5 heteroatoms. The van der Waals surface area contributed by atoms with E-state index in [1.807, 2.05) is 54.6 Å². The number of hydrogen-bond donors (Lipinski definition) is 2. The SMILES string of the molecule is N[C@@H]1CCN(C(=O)Nc2ccccc2Oc2ccccc2)C1. The minimum absolute atomic E-state index is 0.0709. The summed E-state index contributed by atoms with van der Waals surface area (Å²) in [5, 5.41) is 2.90. The van der Waals surface area contributed by atoms with Gasteiger partial charge in [-0.2, -0.15) is 0 Å². The third-order valence-corrected chi connectivity index (χ3v) is 3.61. The molecule has 0 spiro atoms. The van der Waals surface area contributed by atoms with Crippen LogP contribution in [-0.4, -0.2) is 30.1 Å². The third kappa shape index (κ3) is 3.38. The Morgan fingerprint density at radius 1 is 1.14 bits per heavy atom. The average Bonchev–Trinajstić information content (AvgIpc) is 2.97. The highest BCUT2D eigenvalue weighted by atomic mass is 16.5. The van der Waals surface area contributed by atoms with Gasteiger partial charge in [0.1, 0.15) is 5.75 Å². The van der Waals surface area contributed by atoms with Gasteiger partial charge in [-0.25, -0.2) is 4.79 Å². The molecule has 3 N–H and O–H groups in total. The van der Waals surface area contributed by atoms with Crippen molar-refractivity contribution in [1.82, 2.24) is 4.90 Å². The van der Waals surface area contributed by atoms with Crippen LogP contribution in [0.25, 0.3) is 0 Å². The summed E-state index contributed by atoms with van der Waals surface area (Å²) in [4.78, 5) is 14.0. The number of urea groups is 1. The molecule has 0 unspecified atom stereocenters. The lowest BCUT2D eigenvalue weighted by molar-refractivity contribution is 0.222. The van der Waals surface area contributed by atoms with Crippen LogP contribution in [0.4, 0.5) is 10.5 Å². The zero-order valence-electron chi connectivity index (χ0n) is 12.2. The highest BCUT2D eigenvalue weighted by Crippen LogP contribution is 2.29. The van der Waals surface area contributed by atoms with Gasteiger partial charge in [0.05, 0.1) is 5.69 Å². The Kier molecular flexibility index (Phi) is 4.25. The molecule has 2 aromatic carbocycles. The fourth-order valence-corrected chi connectivity index (χ4v) is 2.44. The number of amides is 2. The molecule has 114 valence electrons. The Bertz CT molecular complexity index is 645. The Morgan fingerprint density at radius 3 is 2.59 bits per heavy atom. The van der Waals surface area contributed by atoms with Crippen LogP contribution in [0.5, 0.6) is 11.5 Å². The predicted octanol–water partition coefficient (Wildman–Crippen LogP) is 3.04. The van der Waals surface area contributed by atoms with E-state index in [1.165, 1.54) is 0 Å². The minimum Gasteiger partial charge on any atom is -0.455 e. The molecule has 2 amide bonds. The second-order valence-corrected chi connectivity index (χ2v) is 5.34. The molecule has 5 nitrogen and oxygen atoms in total. The molecular weight excluding hydrogens is 278 g/mol. The van der Waals surface area contributed by atoms with Gasteiger partial charge in [-0.1, -0.05) is 30.3 Å². The van der Waals surface area contributed by atoms with Crippen molar-refractivity contribution < 1.29 is 9.53 Å². The molecule has 2 aromatic rings. The number of carbonyl (C=O) groups excluding carboxylic acids is 1. The van der Waals surface area contributed by atoms with Gasteiger partial charge >= 0.3 is 6.03 Å². The number of rotatable bonds is 3. The van der Waals surface area contributed by atoms with Gasteiger partial charge in [0.25, 0.3) is 0 Å². The summed E-state index contributed by atoms with van der Waals surface area (Å²) < 4.78 is 5.84. The van der Waals surface area contributed by atoms with Crippen molar-refractivity contribution in [2.24, 2.45) is 5.73 Å². The fourth-order valence-electron chi connectivity index (χ4n) is 2.44. The van der Waals surface area contributed by atoms with Crippen LogP contribution in [0.2, 0.25) is 0 Å². The normalized spacial score (nSPS) is 17.3. The lowest BCUT2D eigenvalue weighted by Gasteiger charge is -2.18. The van der Waals surface area contributed by atoms with Crippen LogP contribution in [0.1, 0.15) is 6.42 Å². The summed E-state index contributed by atoms with van der Waals surface area (Å²) in [7, 11) is 0. The number of likely N-dealkylation sites (tertiary alicyclic amines) is 1. The molecule has 1 aliphatic heterocycles. The topological polar surface area (TPSA) is 67.6 Å². The van der Waals surface area contributed by atoms with Gasteiger partial charge in [-0.05, 0) is 30.7 Å². The standard InChI is InChI=1S/C17H19N3O2/c18-13-10-11-20(12-13)17(21)19-15-8-4-5-9-16(15)22-14-6-2-1-3-7-14/h1-9,13H,10-12,18H2,(H,19,21)/t13-/m1/s1. The van der Waals surface area contributed by atoms with Crippen molar-refractivity contribution in [2.45, 2.75) is 12.5 Å². The van der Waals surface area contributed by atoms with Crippen LogP contribution in [0, 0.1) is 0 Å². The number of anilines is 1. The number of ether oxygens (including phenoxy) is 1. The minimum atomic E-state index is -0.142. The Morgan fingerprint density at radius 2 is 1.86 bits per heavy atom. The van der Waals surface area contributed by atoms with E-state index in [2.05, 4.69) is 5.32 Å². The Labute approximate surface area is 129 Å². The first-order valence-electron chi connectivity index (χ1n) is 7.36. The van der Waals surface area contributed by atoms with Gasteiger partial charge in [0, 0.05) is 19.1 Å². The van der Waals surface area contributed by atoms with E-state index in [-0.39, 0.29) is 12.1 Å². The Hall–Kier alpha value is -2.53. The number of carbonyl (C=O) groups is 1. The summed E-state index contributed by atoms with van der Waals surface area (Å²) in [6.45, 7) is 1.28. The molecule has 1 saturated heterocycles. The van der Waals surface area contributed by atoms with E-state index in [0.29, 0.717) is 24.5 Å². The smallest absolute Gasteiger partial charge is 0.322 e. The van der Waals surface area contributed by atoms with Crippen molar-refractivity contribution in [3.8, 4) is 11.5 Å². The van der Waals surface area contributed by atoms with Crippen molar-refractivity contribution in [3.63, 3.8) is 0 Å². The molecule has 0 aromatic heterocycles. The summed E-state index contributed by atoms with van der Waals surface area (Å²) in [6.07, 6.45) is 0.843. The van der Waals surface area contributed by atoms with E-state index in [9.17, 15) is 4.79 Å². The maximum Gasteiger partial charge on any atom is 0.322 e. The molecule has 1 aliphatic rings. The summed E-state index contributed by atoms with van der Waals surface area (Å²) in [5.74, 6) is 1.35. The molecule has 0 saturated carbocycles. The van der Waals surface area contributed by atoms with Crippen molar-refractivity contribution in [3.05, 3.63) is 54.6 Å². The lowest BCUT2D eigenvalue weighted by atomic mass is 10.3. The molecule has 0 radical (unpaired) electrons. The maximum atomic E-state index is 12.3. The van der Waals surface area contributed by atoms with E-state index in [0.717, 1.165) is 12.2 Å². The molecule has 1 atom stereocenters. The van der Waals surface area contributed by atoms with Crippen molar-refractivity contribution in [2.75, 3.05) is 18.4 Å². The van der Waals surface area contributed by atoms with Crippen molar-refractivity contribution >= 4 is 11.7 Å². The molecule has 0 aliphatic carbocycles. The highest BCUT2D eigenvalue weighted by molar-refractivity contribution is 5.91. The number of nitrogens with two attached hydrogens (primary N) is 1. The van der Waals surface area contributed by atoms with Gasteiger partial charge in [0.15, 0.2) is 5.75 Å². The summed E-state index contributed by atoms with van der Waals surface area (Å²) in [5.41, 5.74) is 6.49. The van der Waals surface area contributed by atoms with Crippen LogP contribution in [0.15, 0.2) is 54.6 Å². The van der Waals surface area contributed by atoms with E-state index >= 15 is 0 Å². The van der Waals surface area contributed by atoms with Crippen molar-refractivity contribution in [1.29, 1.82) is 0 Å². The first-order valence-corrected chi connectivity index (χ1v) is 7.36. The number of para-hydroxylation sites is 3. The number of benzene rings is 2. The predicted molar refractivity (Wildman–Crippen MR) is 86.1 cm³/mol. The summed E-state index contributed by atoms with van der Waals surface area (Å²) >= 11 is 0. The zero-order valence-corrected chi connectivity index (χ0v) is 12.2. The highest BCUT2D eigenvalue weighted by Gasteiger charge is 2.24. The van der Waals surface area contributed by atoms with E-state index in [4.69, 9.17) is 10.5 Å². The number of hydrogen-bond acceptors (Lipinski definition) is 3. The summed E-state index contributed by atoms with van der Waals surface area (Å²) in [6, 6.07) is 16.8. The number of nitrogens with one attached hydrogen (secondary N) is 1. The Balaban J connectivity index is 1.72. The molecule has 1 heterocycles. The quantitative estimate of drug-likeness (QED) is 0.915. The molecule has 3 rings (SSSR count). The lowest BCUT2D eigenvalue weighted by Crippen LogP contribution is -2.35.